The van der Waals surface area contributed by atoms with Crippen LogP contribution in [-0.2, 0) is 11.3 Å². The van der Waals surface area contributed by atoms with Crippen LogP contribution < -0.4 is 0 Å². The molecule has 0 unspecified atom stereocenters. The molecule has 0 aliphatic carbocycles. The predicted molar refractivity (Wildman–Crippen MR) is 93.8 cm³/mol. The molecule has 4 heterocycles. The maximum absolute atomic E-state index is 6.30. The molecule has 0 aromatic carbocycles. The Morgan fingerprint density at radius 2 is 2.17 bits per heavy atom. The molecule has 2 saturated heterocycles. The predicted octanol–water partition coefficient (Wildman–Crippen LogP) is 3.99. The Labute approximate surface area is 142 Å². The van der Waals surface area contributed by atoms with E-state index in [1.165, 1.54) is 15.3 Å². The van der Waals surface area contributed by atoms with Crippen molar-refractivity contribution < 1.29 is 4.74 Å². The first kappa shape index (κ1) is 15.3. The Kier molecular flexibility index (Phi) is 4.22. The molecule has 0 amide bonds. The lowest BCUT2D eigenvalue weighted by Gasteiger charge is -2.38. The van der Waals surface area contributed by atoms with Crippen LogP contribution in [0, 0.1) is 6.92 Å². The molecule has 2 fully saturated rings. The standard InChI is InChI=1S/C19H24N2OS/c1-15-4-5-18(23-15)13-21-9-6-19(7-10-21)11-17(14-22-19)16-3-2-8-20-12-16/h2-5,8,12,17H,6-7,9-11,13-14H2,1H3/t17-/m1/s1. The highest BCUT2D eigenvalue weighted by Gasteiger charge is 2.43. The van der Waals surface area contributed by atoms with Crippen molar-refractivity contribution in [2.45, 2.75) is 44.2 Å². The third-order valence-corrected chi connectivity index (χ3v) is 6.29. The molecule has 122 valence electrons. The number of likely N-dealkylation sites (tertiary alicyclic amines) is 1. The van der Waals surface area contributed by atoms with Gasteiger partial charge in [-0.05, 0) is 49.9 Å². The second kappa shape index (κ2) is 6.34. The van der Waals surface area contributed by atoms with Crippen molar-refractivity contribution in [3.8, 4) is 0 Å². The summed E-state index contributed by atoms with van der Waals surface area (Å²) in [5, 5.41) is 0. The van der Waals surface area contributed by atoms with Gasteiger partial charge in [0.1, 0.15) is 0 Å². The molecule has 2 aliphatic heterocycles. The van der Waals surface area contributed by atoms with Crippen molar-refractivity contribution in [3.63, 3.8) is 0 Å². The normalized spacial score (nSPS) is 24.3. The van der Waals surface area contributed by atoms with Crippen LogP contribution in [0.15, 0.2) is 36.7 Å². The van der Waals surface area contributed by atoms with E-state index in [9.17, 15) is 0 Å². The van der Waals surface area contributed by atoms with E-state index in [2.05, 4.69) is 35.0 Å². The highest BCUT2D eigenvalue weighted by atomic mass is 32.1. The van der Waals surface area contributed by atoms with E-state index < -0.39 is 0 Å². The summed E-state index contributed by atoms with van der Waals surface area (Å²) in [5.74, 6) is 0.523. The third kappa shape index (κ3) is 3.35. The van der Waals surface area contributed by atoms with Crippen LogP contribution in [0.3, 0.4) is 0 Å². The van der Waals surface area contributed by atoms with Gasteiger partial charge in [0.15, 0.2) is 0 Å². The zero-order valence-electron chi connectivity index (χ0n) is 13.7. The van der Waals surface area contributed by atoms with Crippen molar-refractivity contribution in [2.24, 2.45) is 0 Å². The number of ether oxygens (including phenoxy) is 1. The molecule has 0 N–H and O–H groups in total. The Bertz CT molecular complexity index is 646. The lowest BCUT2D eigenvalue weighted by Crippen LogP contribution is -2.43. The molecule has 4 rings (SSSR count). The third-order valence-electron chi connectivity index (χ3n) is 5.31. The zero-order valence-corrected chi connectivity index (χ0v) is 14.5. The van der Waals surface area contributed by atoms with E-state index in [0.717, 1.165) is 45.5 Å². The minimum absolute atomic E-state index is 0.113. The minimum atomic E-state index is 0.113. The van der Waals surface area contributed by atoms with E-state index in [0.29, 0.717) is 5.92 Å². The molecule has 1 atom stereocenters. The maximum atomic E-state index is 6.30. The van der Waals surface area contributed by atoms with Gasteiger partial charge in [-0.3, -0.25) is 9.88 Å². The second-order valence-electron chi connectivity index (χ2n) is 6.97. The average Bonchev–Trinajstić information content (AvgIpc) is 3.18. The summed E-state index contributed by atoms with van der Waals surface area (Å²) >= 11 is 1.92. The van der Waals surface area contributed by atoms with Crippen LogP contribution in [-0.4, -0.2) is 35.2 Å². The number of rotatable bonds is 3. The van der Waals surface area contributed by atoms with Crippen LogP contribution in [0.5, 0.6) is 0 Å². The van der Waals surface area contributed by atoms with Gasteiger partial charge < -0.3 is 4.74 Å². The average molecular weight is 328 g/mol. The van der Waals surface area contributed by atoms with E-state index in [1.54, 1.807) is 0 Å². The van der Waals surface area contributed by atoms with Gasteiger partial charge in [0.05, 0.1) is 12.2 Å². The molecule has 23 heavy (non-hydrogen) atoms. The first-order valence-electron chi connectivity index (χ1n) is 8.54. The summed E-state index contributed by atoms with van der Waals surface area (Å²) in [7, 11) is 0. The van der Waals surface area contributed by atoms with Crippen LogP contribution >= 0.6 is 11.3 Å². The molecule has 2 aromatic heterocycles. The summed E-state index contributed by atoms with van der Waals surface area (Å²) in [6, 6.07) is 8.72. The van der Waals surface area contributed by atoms with Gasteiger partial charge in [-0.2, -0.15) is 0 Å². The first-order chi connectivity index (χ1) is 11.2. The van der Waals surface area contributed by atoms with E-state index in [1.807, 2.05) is 29.8 Å². The largest absolute Gasteiger partial charge is 0.374 e. The van der Waals surface area contributed by atoms with Crippen molar-refractivity contribution in [1.82, 2.24) is 9.88 Å². The van der Waals surface area contributed by atoms with Crippen LogP contribution in [0.1, 0.15) is 40.5 Å². The zero-order chi connectivity index (χ0) is 15.7. The lowest BCUT2D eigenvalue weighted by molar-refractivity contribution is -0.0447. The molecule has 0 saturated carbocycles. The summed E-state index contributed by atoms with van der Waals surface area (Å²) < 4.78 is 6.30. The lowest BCUT2D eigenvalue weighted by atomic mass is 9.83. The molecule has 2 aliphatic rings. The number of aromatic nitrogens is 1. The van der Waals surface area contributed by atoms with Crippen molar-refractivity contribution in [3.05, 3.63) is 52.0 Å². The van der Waals surface area contributed by atoms with E-state index >= 15 is 0 Å². The number of piperidine rings is 1. The SMILES string of the molecule is Cc1ccc(CN2CCC3(CC2)C[C@@H](c2cccnc2)CO3)s1. The Morgan fingerprint density at radius 1 is 1.30 bits per heavy atom. The number of hydrogen-bond acceptors (Lipinski definition) is 4. The number of pyridine rings is 1. The van der Waals surface area contributed by atoms with Crippen molar-refractivity contribution in [1.29, 1.82) is 0 Å². The van der Waals surface area contributed by atoms with Gasteiger partial charge in [-0.25, -0.2) is 0 Å². The van der Waals surface area contributed by atoms with Gasteiger partial charge >= 0.3 is 0 Å². The maximum Gasteiger partial charge on any atom is 0.0713 e. The second-order valence-corrected chi connectivity index (χ2v) is 8.34. The minimum Gasteiger partial charge on any atom is -0.374 e. The molecule has 1 spiro atoms. The number of nitrogens with zero attached hydrogens (tertiary/aromatic N) is 2. The van der Waals surface area contributed by atoms with Crippen LogP contribution in [0.4, 0.5) is 0 Å². The fourth-order valence-corrected chi connectivity index (χ4v) is 4.87. The molecular formula is C19H24N2OS. The fourth-order valence-electron chi connectivity index (χ4n) is 3.93. The summed E-state index contributed by atoms with van der Waals surface area (Å²) in [5.41, 5.74) is 1.45. The van der Waals surface area contributed by atoms with E-state index in [-0.39, 0.29) is 5.60 Å². The molecule has 0 bridgehead atoms. The quantitative estimate of drug-likeness (QED) is 0.852. The van der Waals surface area contributed by atoms with Gasteiger partial charge in [0.25, 0.3) is 0 Å². The highest BCUT2D eigenvalue weighted by Crippen LogP contribution is 2.42. The van der Waals surface area contributed by atoms with Gasteiger partial charge in [0, 0.05) is 47.7 Å². The monoisotopic (exact) mass is 328 g/mol. The Balaban J connectivity index is 1.34. The molecule has 2 aromatic rings. The molecular weight excluding hydrogens is 304 g/mol. The van der Waals surface area contributed by atoms with E-state index in [4.69, 9.17) is 4.74 Å². The number of aryl methyl sites for hydroxylation is 1. The molecule has 0 radical (unpaired) electrons. The van der Waals surface area contributed by atoms with Crippen molar-refractivity contribution in [2.75, 3.05) is 19.7 Å². The topological polar surface area (TPSA) is 25.4 Å². The van der Waals surface area contributed by atoms with Crippen LogP contribution in [0.25, 0.3) is 0 Å². The molecule has 4 heteroatoms. The highest BCUT2D eigenvalue weighted by molar-refractivity contribution is 7.11. The summed E-state index contributed by atoms with van der Waals surface area (Å²) in [4.78, 5) is 9.74. The van der Waals surface area contributed by atoms with Gasteiger partial charge in [0.2, 0.25) is 0 Å². The van der Waals surface area contributed by atoms with Crippen molar-refractivity contribution >= 4 is 11.3 Å². The van der Waals surface area contributed by atoms with Crippen LogP contribution in [0.2, 0.25) is 0 Å². The smallest absolute Gasteiger partial charge is 0.0713 e. The Morgan fingerprint density at radius 3 is 2.87 bits per heavy atom. The number of hydrogen-bond donors (Lipinski definition) is 0. The molecule has 3 nitrogen and oxygen atoms in total. The summed E-state index contributed by atoms with van der Waals surface area (Å²) in [6.45, 7) is 6.44. The van der Waals surface area contributed by atoms with Gasteiger partial charge in [-0.15, -0.1) is 11.3 Å². The Hall–Kier alpha value is -1.23. The summed E-state index contributed by atoms with van der Waals surface area (Å²) in [6.07, 6.45) is 7.33. The first-order valence-corrected chi connectivity index (χ1v) is 9.36. The number of thiophene rings is 1. The van der Waals surface area contributed by atoms with Gasteiger partial charge in [-0.1, -0.05) is 6.07 Å². The fraction of sp³-hybridized carbons (Fsp3) is 0.526.